The van der Waals surface area contributed by atoms with Crippen LogP contribution in [0.25, 0.3) is 0 Å². The highest BCUT2D eigenvalue weighted by molar-refractivity contribution is 9.10. The molecule has 11 heteroatoms. The Balaban J connectivity index is 1.52. The van der Waals surface area contributed by atoms with E-state index in [1.165, 1.54) is 21.0 Å². The third kappa shape index (κ3) is 5.49. The summed E-state index contributed by atoms with van der Waals surface area (Å²) in [5.41, 5.74) is -0.515. The summed E-state index contributed by atoms with van der Waals surface area (Å²) >= 11 is 3.37. The Morgan fingerprint density at radius 2 is 1.75 bits per heavy atom. The number of alkyl halides is 3. The van der Waals surface area contributed by atoms with Crippen molar-refractivity contribution < 1.29 is 46.5 Å². The van der Waals surface area contributed by atoms with E-state index in [0.717, 1.165) is 17.3 Å². The predicted molar refractivity (Wildman–Crippen MR) is 158 cm³/mol. The molecular weight excluding hydrogens is 645 g/mol. The van der Waals surface area contributed by atoms with Crippen LogP contribution in [-0.2, 0) is 14.3 Å². The number of hydrogen-bond acceptors (Lipinski definition) is 7. The van der Waals surface area contributed by atoms with E-state index < -0.39 is 35.3 Å². The Hall–Kier alpha value is -3.08. The summed E-state index contributed by atoms with van der Waals surface area (Å²) in [5.74, 6) is -2.67. The standard InChI is InChI=1S/C33H36BrF3O7/c1-17-16-21-23(26(22(17)28(39)41-6)42-27(38)18-8-10-19(34)11-9-18)25-24-20(12-15-32(24,5)43-21)31(25,4)14-7-13-30(2,3)44-29(40)33(35,36)37/h8-11,16,20,24-25H,7,12-15H2,1-6H3/t20-,24+,25+,31+,32+/m1/s1. The number of benzene rings is 2. The fourth-order valence-corrected chi connectivity index (χ4v) is 8.15. The maximum absolute atomic E-state index is 13.4. The number of halogens is 4. The average Bonchev–Trinajstić information content (AvgIpc) is 3.26. The molecule has 2 aromatic carbocycles. The van der Waals surface area contributed by atoms with Crippen LogP contribution in [0.15, 0.2) is 34.8 Å². The molecule has 2 aliphatic carbocycles. The zero-order valence-corrected chi connectivity index (χ0v) is 27.1. The molecule has 2 aromatic rings. The van der Waals surface area contributed by atoms with E-state index in [2.05, 4.69) is 29.8 Å². The second-order valence-electron chi connectivity index (χ2n) is 13.3. The molecule has 1 heterocycles. The summed E-state index contributed by atoms with van der Waals surface area (Å²) in [6, 6.07) is 8.48. The minimum Gasteiger partial charge on any atom is -0.487 e. The third-order valence-corrected chi connectivity index (χ3v) is 10.4. The van der Waals surface area contributed by atoms with Crippen molar-refractivity contribution in [3.63, 3.8) is 0 Å². The second-order valence-corrected chi connectivity index (χ2v) is 14.2. The molecule has 1 aliphatic heterocycles. The molecule has 5 rings (SSSR count). The topological polar surface area (TPSA) is 88.1 Å². The lowest BCUT2D eigenvalue weighted by molar-refractivity contribution is -0.212. The number of fused-ring (bicyclic) bond motifs is 2. The van der Waals surface area contributed by atoms with Crippen molar-refractivity contribution in [1.29, 1.82) is 0 Å². The Kier molecular flexibility index (Phi) is 8.13. The number of aryl methyl sites for hydroxylation is 1. The number of carbonyl (C=O) groups is 3. The van der Waals surface area contributed by atoms with Crippen LogP contribution in [0.2, 0.25) is 0 Å². The van der Waals surface area contributed by atoms with Crippen LogP contribution in [0.4, 0.5) is 13.2 Å². The lowest BCUT2D eigenvalue weighted by Gasteiger charge is -2.64. The number of ether oxygens (including phenoxy) is 4. The SMILES string of the molecule is COC(=O)c1c(C)cc2c(c1OC(=O)c1ccc(Br)cc1)[C@H]1[C@@H]3[C@@H](CC[C@]3(C)O2)[C@]1(C)CCCC(C)(C)OC(=O)C(F)(F)F. The number of methoxy groups -OCH3 is 1. The van der Waals surface area contributed by atoms with E-state index in [0.29, 0.717) is 35.3 Å². The summed E-state index contributed by atoms with van der Waals surface area (Å²) in [7, 11) is 1.27. The second kappa shape index (κ2) is 11.1. The highest BCUT2D eigenvalue weighted by Crippen LogP contribution is 2.76. The molecule has 0 bridgehead atoms. The molecule has 0 saturated heterocycles. The lowest BCUT2D eigenvalue weighted by atomic mass is 9.43. The summed E-state index contributed by atoms with van der Waals surface area (Å²) in [4.78, 5) is 38.1. The molecule has 3 aliphatic rings. The molecule has 238 valence electrons. The number of esters is 3. The smallest absolute Gasteiger partial charge is 0.487 e. The third-order valence-electron chi connectivity index (χ3n) is 9.90. The van der Waals surface area contributed by atoms with E-state index in [-0.39, 0.29) is 40.9 Å². The molecular formula is C33H36BrF3O7. The van der Waals surface area contributed by atoms with E-state index in [9.17, 15) is 27.6 Å². The fraction of sp³-hybridized carbons (Fsp3) is 0.545. The van der Waals surface area contributed by atoms with Gasteiger partial charge in [-0.05, 0) is 107 Å². The first-order chi connectivity index (χ1) is 20.4. The molecule has 2 fully saturated rings. The van der Waals surface area contributed by atoms with Crippen molar-refractivity contribution in [2.45, 2.75) is 90.0 Å². The van der Waals surface area contributed by atoms with Gasteiger partial charge in [-0.1, -0.05) is 22.9 Å². The molecule has 2 saturated carbocycles. The maximum atomic E-state index is 13.4. The van der Waals surface area contributed by atoms with Crippen LogP contribution >= 0.6 is 15.9 Å². The minimum atomic E-state index is -5.07. The average molecular weight is 682 g/mol. The monoisotopic (exact) mass is 680 g/mol. The van der Waals surface area contributed by atoms with Gasteiger partial charge >= 0.3 is 24.1 Å². The van der Waals surface area contributed by atoms with Gasteiger partial charge in [0.15, 0.2) is 5.75 Å². The van der Waals surface area contributed by atoms with Crippen molar-refractivity contribution in [3.8, 4) is 11.5 Å². The summed E-state index contributed by atoms with van der Waals surface area (Å²) in [6.45, 7) is 8.92. The van der Waals surface area contributed by atoms with Gasteiger partial charge in [-0.2, -0.15) is 13.2 Å². The Labute approximate surface area is 262 Å². The van der Waals surface area contributed by atoms with Crippen LogP contribution in [0.3, 0.4) is 0 Å². The summed E-state index contributed by atoms with van der Waals surface area (Å²) in [5, 5.41) is 0. The quantitative estimate of drug-likeness (QED) is 0.206. The van der Waals surface area contributed by atoms with Gasteiger partial charge in [0.25, 0.3) is 0 Å². The Bertz CT molecular complexity index is 1500. The van der Waals surface area contributed by atoms with Crippen molar-refractivity contribution >= 4 is 33.8 Å². The van der Waals surface area contributed by atoms with Gasteiger partial charge in [-0.3, -0.25) is 0 Å². The van der Waals surface area contributed by atoms with Crippen LogP contribution in [0.1, 0.15) is 97.6 Å². The zero-order valence-electron chi connectivity index (χ0n) is 25.5. The highest BCUT2D eigenvalue weighted by atomic mass is 79.9. The molecule has 0 radical (unpaired) electrons. The molecule has 0 N–H and O–H groups in total. The van der Waals surface area contributed by atoms with Gasteiger partial charge in [0.2, 0.25) is 0 Å². The first-order valence-corrected chi connectivity index (χ1v) is 15.4. The number of carbonyl (C=O) groups excluding carboxylic acids is 3. The predicted octanol–water partition coefficient (Wildman–Crippen LogP) is 8.10. The molecule has 5 atom stereocenters. The minimum absolute atomic E-state index is 0.0782. The molecule has 0 aromatic heterocycles. The van der Waals surface area contributed by atoms with Gasteiger partial charge in [-0.25, -0.2) is 14.4 Å². The molecule has 0 amide bonds. The van der Waals surface area contributed by atoms with Crippen LogP contribution in [-0.4, -0.2) is 42.4 Å². The zero-order chi connectivity index (χ0) is 32.4. The van der Waals surface area contributed by atoms with Crippen molar-refractivity contribution in [2.75, 3.05) is 7.11 Å². The Morgan fingerprint density at radius 3 is 2.36 bits per heavy atom. The largest absolute Gasteiger partial charge is 0.490 e. The molecule has 0 spiro atoms. The first kappa shape index (κ1) is 32.3. The lowest BCUT2D eigenvalue weighted by Crippen LogP contribution is -2.61. The van der Waals surface area contributed by atoms with Gasteiger partial charge in [-0.15, -0.1) is 0 Å². The van der Waals surface area contributed by atoms with E-state index in [1.54, 1.807) is 37.3 Å². The van der Waals surface area contributed by atoms with Crippen LogP contribution in [0, 0.1) is 24.2 Å². The van der Waals surface area contributed by atoms with Crippen LogP contribution < -0.4 is 9.47 Å². The number of hydrogen-bond donors (Lipinski definition) is 0. The highest BCUT2D eigenvalue weighted by Gasteiger charge is 2.71. The van der Waals surface area contributed by atoms with Crippen molar-refractivity contribution in [1.82, 2.24) is 0 Å². The summed E-state index contributed by atoms with van der Waals surface area (Å²) in [6.07, 6.45) is -2.03. The normalized spacial score (nSPS) is 26.9. The Morgan fingerprint density at radius 1 is 1.09 bits per heavy atom. The van der Waals surface area contributed by atoms with Gasteiger partial charge < -0.3 is 18.9 Å². The molecule has 44 heavy (non-hydrogen) atoms. The van der Waals surface area contributed by atoms with Gasteiger partial charge in [0, 0.05) is 21.9 Å². The van der Waals surface area contributed by atoms with Gasteiger partial charge in [0.1, 0.15) is 22.5 Å². The summed E-state index contributed by atoms with van der Waals surface area (Å²) < 4.78 is 62.0. The van der Waals surface area contributed by atoms with Crippen molar-refractivity contribution in [3.05, 3.63) is 57.1 Å². The fourth-order valence-electron chi connectivity index (χ4n) is 7.89. The van der Waals surface area contributed by atoms with Crippen LogP contribution in [0.5, 0.6) is 11.5 Å². The van der Waals surface area contributed by atoms with Gasteiger partial charge in [0.05, 0.1) is 12.7 Å². The maximum Gasteiger partial charge on any atom is 0.490 e. The molecule has 0 unspecified atom stereocenters. The number of rotatable bonds is 8. The van der Waals surface area contributed by atoms with E-state index >= 15 is 0 Å². The first-order valence-electron chi connectivity index (χ1n) is 14.6. The van der Waals surface area contributed by atoms with Crippen molar-refractivity contribution in [2.24, 2.45) is 17.3 Å². The molecule has 7 nitrogen and oxygen atoms in total. The van der Waals surface area contributed by atoms with E-state index in [4.69, 9.17) is 18.9 Å². The van der Waals surface area contributed by atoms with E-state index in [1.807, 2.05) is 0 Å².